The first-order valence-electron chi connectivity index (χ1n) is 9.35. The largest absolute Gasteiger partial charge is 0.497 e. The average Bonchev–Trinajstić information content (AvgIpc) is 2.68. The highest BCUT2D eigenvalue weighted by molar-refractivity contribution is 5.67. The molecule has 29 heavy (non-hydrogen) atoms. The molecule has 0 saturated carbocycles. The third kappa shape index (κ3) is 5.51. The fraction of sp³-hybridized carbons (Fsp3) is 0.273. The van der Waals surface area contributed by atoms with Crippen LogP contribution in [-0.2, 0) is 0 Å². The molecule has 0 atom stereocenters. The Kier molecular flexibility index (Phi) is 6.39. The highest BCUT2D eigenvalue weighted by Crippen LogP contribution is 2.31. The summed E-state index contributed by atoms with van der Waals surface area (Å²) in [5.41, 5.74) is 2.45. The molecule has 0 aliphatic heterocycles. The smallest absolute Gasteiger partial charge is 0.229 e. The van der Waals surface area contributed by atoms with Gasteiger partial charge in [0.1, 0.15) is 23.1 Å². The number of benzene rings is 2. The summed E-state index contributed by atoms with van der Waals surface area (Å²) in [6, 6.07) is 15.1. The number of ether oxygens (including phenoxy) is 3. The van der Waals surface area contributed by atoms with Crippen molar-refractivity contribution < 1.29 is 14.2 Å². The Morgan fingerprint density at radius 2 is 1.55 bits per heavy atom. The predicted octanol–water partition coefficient (Wildman–Crippen LogP) is 5.08. The quantitative estimate of drug-likeness (QED) is 0.552. The molecule has 0 aliphatic carbocycles. The number of anilines is 4. The lowest BCUT2D eigenvalue weighted by molar-refractivity contribution is 0.242. The van der Waals surface area contributed by atoms with Gasteiger partial charge in [0.25, 0.3) is 0 Å². The van der Waals surface area contributed by atoms with E-state index in [-0.39, 0.29) is 6.10 Å². The lowest BCUT2D eigenvalue weighted by atomic mass is 10.2. The molecule has 2 N–H and O–H groups in total. The van der Waals surface area contributed by atoms with Crippen LogP contribution in [0.15, 0.2) is 48.5 Å². The molecule has 0 spiro atoms. The van der Waals surface area contributed by atoms with E-state index in [0.29, 0.717) is 17.5 Å². The highest BCUT2D eigenvalue weighted by Gasteiger charge is 2.09. The summed E-state index contributed by atoms with van der Waals surface area (Å²) >= 11 is 0. The van der Waals surface area contributed by atoms with Gasteiger partial charge >= 0.3 is 0 Å². The number of nitrogens with zero attached hydrogens (tertiary/aromatic N) is 2. The summed E-state index contributed by atoms with van der Waals surface area (Å²) in [6.45, 7) is 5.91. The van der Waals surface area contributed by atoms with Gasteiger partial charge in [0.2, 0.25) is 5.95 Å². The fourth-order valence-electron chi connectivity index (χ4n) is 2.76. The van der Waals surface area contributed by atoms with Crippen LogP contribution in [0.25, 0.3) is 0 Å². The van der Waals surface area contributed by atoms with E-state index in [2.05, 4.69) is 20.6 Å². The maximum absolute atomic E-state index is 5.67. The molecule has 0 radical (unpaired) electrons. The molecule has 0 saturated heterocycles. The molecule has 1 aromatic heterocycles. The zero-order valence-corrected chi connectivity index (χ0v) is 17.3. The van der Waals surface area contributed by atoms with Crippen LogP contribution < -0.4 is 24.8 Å². The zero-order chi connectivity index (χ0) is 20.8. The van der Waals surface area contributed by atoms with Gasteiger partial charge in [0, 0.05) is 23.5 Å². The van der Waals surface area contributed by atoms with Crippen molar-refractivity contribution in [1.29, 1.82) is 0 Å². The maximum atomic E-state index is 5.67. The summed E-state index contributed by atoms with van der Waals surface area (Å²) in [7, 11) is 3.25. The van der Waals surface area contributed by atoms with Gasteiger partial charge in [-0.05, 0) is 57.2 Å². The Morgan fingerprint density at radius 1 is 0.828 bits per heavy atom. The third-order valence-corrected chi connectivity index (χ3v) is 4.01. The van der Waals surface area contributed by atoms with Crippen LogP contribution in [0.2, 0.25) is 0 Å². The van der Waals surface area contributed by atoms with Gasteiger partial charge < -0.3 is 24.8 Å². The van der Waals surface area contributed by atoms with Crippen molar-refractivity contribution in [1.82, 2.24) is 9.97 Å². The molecule has 7 nitrogen and oxygen atoms in total. The van der Waals surface area contributed by atoms with Crippen LogP contribution >= 0.6 is 0 Å². The van der Waals surface area contributed by atoms with Gasteiger partial charge in [0.05, 0.1) is 26.0 Å². The minimum Gasteiger partial charge on any atom is -0.497 e. The van der Waals surface area contributed by atoms with Gasteiger partial charge in [-0.1, -0.05) is 0 Å². The SMILES string of the molecule is COc1ccc(OC)c(Nc2cc(C)nc(Nc3ccc(OC(C)C)cc3)n2)c1. The predicted molar refractivity (Wildman–Crippen MR) is 115 cm³/mol. The molecule has 0 aliphatic rings. The number of hydrogen-bond donors (Lipinski definition) is 2. The van der Waals surface area contributed by atoms with Crippen molar-refractivity contribution >= 4 is 23.1 Å². The lowest BCUT2D eigenvalue weighted by Crippen LogP contribution is -2.05. The van der Waals surface area contributed by atoms with Crippen LogP contribution in [0.1, 0.15) is 19.5 Å². The van der Waals surface area contributed by atoms with E-state index in [1.165, 1.54) is 0 Å². The van der Waals surface area contributed by atoms with E-state index in [0.717, 1.165) is 28.6 Å². The number of aromatic nitrogens is 2. The first kappa shape index (κ1) is 20.3. The minimum atomic E-state index is 0.135. The van der Waals surface area contributed by atoms with Gasteiger partial charge in [-0.25, -0.2) is 4.98 Å². The Morgan fingerprint density at radius 3 is 2.21 bits per heavy atom. The van der Waals surface area contributed by atoms with Gasteiger partial charge in [0.15, 0.2) is 0 Å². The Bertz CT molecular complexity index is 959. The number of aryl methyl sites for hydroxylation is 1. The number of rotatable bonds is 8. The number of methoxy groups -OCH3 is 2. The molecule has 0 unspecified atom stereocenters. The molecule has 0 amide bonds. The second kappa shape index (κ2) is 9.14. The van der Waals surface area contributed by atoms with Gasteiger partial charge in [-0.2, -0.15) is 4.98 Å². The molecule has 1 heterocycles. The summed E-state index contributed by atoms with van der Waals surface area (Å²) in [4.78, 5) is 9.03. The first-order valence-corrected chi connectivity index (χ1v) is 9.35. The molecule has 152 valence electrons. The van der Waals surface area contributed by atoms with E-state index >= 15 is 0 Å². The third-order valence-electron chi connectivity index (χ3n) is 4.01. The zero-order valence-electron chi connectivity index (χ0n) is 17.3. The van der Waals surface area contributed by atoms with E-state index in [1.54, 1.807) is 14.2 Å². The van der Waals surface area contributed by atoms with Crippen LogP contribution in [0.5, 0.6) is 17.2 Å². The first-order chi connectivity index (χ1) is 14.0. The van der Waals surface area contributed by atoms with Crippen molar-refractivity contribution in [2.75, 3.05) is 24.9 Å². The molecule has 0 bridgehead atoms. The normalized spacial score (nSPS) is 10.6. The molecule has 2 aromatic carbocycles. The number of nitrogens with one attached hydrogen (secondary N) is 2. The van der Waals surface area contributed by atoms with Crippen LogP contribution in [0.4, 0.5) is 23.1 Å². The van der Waals surface area contributed by atoms with Crippen LogP contribution in [-0.4, -0.2) is 30.3 Å². The maximum Gasteiger partial charge on any atom is 0.229 e. The summed E-state index contributed by atoms with van der Waals surface area (Å²) in [6.07, 6.45) is 0.135. The van der Waals surface area contributed by atoms with E-state index in [4.69, 9.17) is 14.2 Å². The Balaban J connectivity index is 1.80. The lowest BCUT2D eigenvalue weighted by Gasteiger charge is -2.14. The van der Waals surface area contributed by atoms with Crippen molar-refractivity contribution in [3.63, 3.8) is 0 Å². The Labute approximate surface area is 171 Å². The van der Waals surface area contributed by atoms with E-state index in [1.807, 2.05) is 69.3 Å². The number of hydrogen-bond acceptors (Lipinski definition) is 7. The molecule has 7 heteroatoms. The average molecular weight is 394 g/mol. The topological polar surface area (TPSA) is 77.5 Å². The molecule has 3 rings (SSSR count). The monoisotopic (exact) mass is 394 g/mol. The molecular formula is C22H26N4O3. The van der Waals surface area contributed by atoms with E-state index < -0.39 is 0 Å². The summed E-state index contributed by atoms with van der Waals surface area (Å²) in [5.74, 6) is 3.37. The second-order valence-electron chi connectivity index (χ2n) is 6.73. The molecule has 0 fully saturated rings. The highest BCUT2D eigenvalue weighted by atomic mass is 16.5. The molecular weight excluding hydrogens is 368 g/mol. The minimum absolute atomic E-state index is 0.135. The van der Waals surface area contributed by atoms with Crippen molar-refractivity contribution in [2.24, 2.45) is 0 Å². The Hall–Kier alpha value is -3.48. The van der Waals surface area contributed by atoms with Crippen LogP contribution in [0.3, 0.4) is 0 Å². The second-order valence-corrected chi connectivity index (χ2v) is 6.73. The van der Waals surface area contributed by atoms with Crippen molar-refractivity contribution in [3.05, 3.63) is 54.2 Å². The standard InChI is InChI=1S/C22H26N4O3/c1-14(2)29-17-8-6-16(7-9-17)24-22-23-15(3)12-21(26-22)25-19-13-18(27-4)10-11-20(19)28-5/h6-14H,1-5H3,(H2,23,24,25,26). The fourth-order valence-corrected chi connectivity index (χ4v) is 2.76. The van der Waals surface area contributed by atoms with Gasteiger partial charge in [-0.3, -0.25) is 0 Å². The molecule has 3 aromatic rings. The van der Waals surface area contributed by atoms with Crippen LogP contribution in [0, 0.1) is 6.92 Å². The van der Waals surface area contributed by atoms with Crippen molar-refractivity contribution in [2.45, 2.75) is 26.9 Å². The summed E-state index contributed by atoms with van der Waals surface area (Å²) in [5, 5.41) is 6.51. The van der Waals surface area contributed by atoms with Crippen molar-refractivity contribution in [3.8, 4) is 17.2 Å². The van der Waals surface area contributed by atoms with Gasteiger partial charge in [-0.15, -0.1) is 0 Å². The summed E-state index contributed by atoms with van der Waals surface area (Å²) < 4.78 is 16.4. The van der Waals surface area contributed by atoms with E-state index in [9.17, 15) is 0 Å².